The summed E-state index contributed by atoms with van der Waals surface area (Å²) in [5, 5.41) is 0. The van der Waals surface area contributed by atoms with Crippen molar-refractivity contribution in [1.29, 1.82) is 0 Å². The molecule has 0 saturated carbocycles. The average molecular weight is 270 g/mol. The number of ether oxygens (including phenoxy) is 3. The molecule has 2 N–H and O–H groups in total. The zero-order valence-electron chi connectivity index (χ0n) is 11.3. The molecule has 1 heterocycles. The Labute approximate surface area is 113 Å². The quantitative estimate of drug-likeness (QED) is 0.605. The molecule has 0 fully saturated rings. The predicted molar refractivity (Wildman–Crippen MR) is 72.1 cm³/mol. The molecule has 0 amide bonds. The smallest absolute Gasteiger partial charge is 0.255 e. The van der Waals surface area contributed by atoms with Crippen LogP contribution in [0.25, 0.3) is 0 Å². The molecule has 0 spiro atoms. The molecule has 0 radical (unpaired) electrons. The van der Waals surface area contributed by atoms with E-state index in [-0.39, 0.29) is 12.1 Å². The zero-order valence-corrected chi connectivity index (χ0v) is 11.3. The lowest BCUT2D eigenvalue weighted by Crippen LogP contribution is -2.26. The van der Waals surface area contributed by atoms with Gasteiger partial charge in [0, 0.05) is 32.0 Å². The SMILES string of the molecule is COCCOCCOCCn1cccc(CN)c1=O. The maximum atomic E-state index is 11.8. The second-order valence-electron chi connectivity index (χ2n) is 3.95. The molecule has 1 aromatic rings. The Bertz CT molecular complexity index is 406. The molecule has 0 aromatic carbocycles. The Morgan fingerprint density at radius 3 is 2.53 bits per heavy atom. The first-order chi connectivity index (χ1) is 9.29. The van der Waals surface area contributed by atoms with Crippen molar-refractivity contribution in [2.75, 3.05) is 40.1 Å². The predicted octanol–water partition coefficient (Wildman–Crippen LogP) is -0.0134. The fourth-order valence-electron chi connectivity index (χ4n) is 1.55. The van der Waals surface area contributed by atoms with Gasteiger partial charge in [-0.25, -0.2) is 0 Å². The van der Waals surface area contributed by atoms with Crippen LogP contribution in [-0.2, 0) is 27.3 Å². The number of rotatable bonds is 10. The first kappa shape index (κ1) is 15.8. The molecule has 0 bridgehead atoms. The average Bonchev–Trinajstić information content (AvgIpc) is 2.43. The van der Waals surface area contributed by atoms with Gasteiger partial charge in [-0.05, 0) is 6.07 Å². The van der Waals surface area contributed by atoms with Crippen LogP contribution in [-0.4, -0.2) is 44.7 Å². The van der Waals surface area contributed by atoms with Crippen molar-refractivity contribution in [2.24, 2.45) is 5.73 Å². The van der Waals surface area contributed by atoms with Crippen molar-refractivity contribution in [1.82, 2.24) is 4.57 Å². The van der Waals surface area contributed by atoms with Crippen LogP contribution in [0.5, 0.6) is 0 Å². The highest BCUT2D eigenvalue weighted by atomic mass is 16.5. The third kappa shape index (κ3) is 5.98. The van der Waals surface area contributed by atoms with Gasteiger partial charge in [-0.15, -0.1) is 0 Å². The van der Waals surface area contributed by atoms with Gasteiger partial charge in [-0.3, -0.25) is 4.79 Å². The van der Waals surface area contributed by atoms with E-state index in [0.717, 1.165) is 0 Å². The molecule has 0 aliphatic heterocycles. The lowest BCUT2D eigenvalue weighted by Gasteiger charge is -2.08. The highest BCUT2D eigenvalue weighted by Crippen LogP contribution is 1.91. The van der Waals surface area contributed by atoms with Crippen LogP contribution in [0.2, 0.25) is 0 Å². The fraction of sp³-hybridized carbons (Fsp3) is 0.615. The summed E-state index contributed by atoms with van der Waals surface area (Å²) in [5.74, 6) is 0. The summed E-state index contributed by atoms with van der Waals surface area (Å²) < 4.78 is 17.1. The molecule has 0 atom stereocenters. The van der Waals surface area contributed by atoms with E-state index in [1.807, 2.05) is 6.07 Å². The van der Waals surface area contributed by atoms with Gasteiger partial charge >= 0.3 is 0 Å². The number of aromatic nitrogens is 1. The van der Waals surface area contributed by atoms with Crippen LogP contribution in [0.15, 0.2) is 23.1 Å². The van der Waals surface area contributed by atoms with Crippen LogP contribution in [0.1, 0.15) is 5.56 Å². The molecule has 0 unspecified atom stereocenters. The number of methoxy groups -OCH3 is 1. The van der Waals surface area contributed by atoms with Crippen molar-refractivity contribution in [2.45, 2.75) is 13.1 Å². The number of nitrogens with two attached hydrogens (primary N) is 1. The number of hydrogen-bond donors (Lipinski definition) is 1. The van der Waals surface area contributed by atoms with Gasteiger partial charge in [0.2, 0.25) is 0 Å². The highest BCUT2D eigenvalue weighted by Gasteiger charge is 2.00. The third-order valence-electron chi connectivity index (χ3n) is 2.60. The van der Waals surface area contributed by atoms with E-state index in [2.05, 4.69) is 0 Å². The summed E-state index contributed by atoms with van der Waals surface area (Å²) in [6.07, 6.45) is 1.74. The van der Waals surface area contributed by atoms with Crippen molar-refractivity contribution in [3.05, 3.63) is 34.2 Å². The van der Waals surface area contributed by atoms with Crippen LogP contribution in [0.3, 0.4) is 0 Å². The normalized spacial score (nSPS) is 10.8. The van der Waals surface area contributed by atoms with E-state index >= 15 is 0 Å². The first-order valence-corrected chi connectivity index (χ1v) is 6.32. The fourth-order valence-corrected chi connectivity index (χ4v) is 1.55. The largest absolute Gasteiger partial charge is 0.382 e. The van der Waals surface area contributed by atoms with Crippen LogP contribution < -0.4 is 11.3 Å². The van der Waals surface area contributed by atoms with Crippen LogP contribution in [0, 0.1) is 0 Å². The van der Waals surface area contributed by atoms with E-state index in [1.54, 1.807) is 23.9 Å². The summed E-state index contributed by atoms with van der Waals surface area (Å²) in [7, 11) is 1.63. The lowest BCUT2D eigenvalue weighted by molar-refractivity contribution is 0.0229. The minimum Gasteiger partial charge on any atom is -0.382 e. The number of pyridine rings is 1. The summed E-state index contributed by atoms with van der Waals surface area (Å²) in [5.41, 5.74) is 6.05. The van der Waals surface area contributed by atoms with E-state index in [4.69, 9.17) is 19.9 Å². The van der Waals surface area contributed by atoms with E-state index in [9.17, 15) is 4.79 Å². The molecular weight excluding hydrogens is 248 g/mol. The standard InChI is InChI=1S/C13H22N2O4/c1-17-7-8-19-10-9-18-6-5-15-4-2-3-12(11-14)13(15)16/h2-4H,5-11,14H2,1H3. The van der Waals surface area contributed by atoms with Crippen molar-refractivity contribution in [3.63, 3.8) is 0 Å². The summed E-state index contributed by atoms with van der Waals surface area (Å²) in [6.45, 7) is 3.44. The molecule has 1 rings (SSSR count). The Morgan fingerprint density at radius 1 is 1.16 bits per heavy atom. The Hall–Kier alpha value is -1.21. The zero-order chi connectivity index (χ0) is 13.9. The van der Waals surface area contributed by atoms with Crippen LogP contribution >= 0.6 is 0 Å². The molecule has 19 heavy (non-hydrogen) atoms. The molecule has 0 saturated heterocycles. The Morgan fingerprint density at radius 2 is 1.84 bits per heavy atom. The lowest BCUT2D eigenvalue weighted by atomic mass is 10.3. The Balaban J connectivity index is 2.18. The summed E-state index contributed by atoms with van der Waals surface area (Å²) in [6, 6.07) is 3.56. The number of nitrogens with zero attached hydrogens (tertiary/aromatic N) is 1. The van der Waals surface area contributed by atoms with E-state index < -0.39 is 0 Å². The topological polar surface area (TPSA) is 75.7 Å². The van der Waals surface area contributed by atoms with E-state index in [1.165, 1.54) is 0 Å². The maximum absolute atomic E-state index is 11.8. The summed E-state index contributed by atoms with van der Waals surface area (Å²) in [4.78, 5) is 11.8. The molecule has 108 valence electrons. The molecule has 6 nitrogen and oxygen atoms in total. The molecular formula is C13H22N2O4. The van der Waals surface area contributed by atoms with Crippen LogP contribution in [0.4, 0.5) is 0 Å². The second kappa shape index (κ2) is 9.69. The van der Waals surface area contributed by atoms with Crippen molar-refractivity contribution in [3.8, 4) is 0 Å². The van der Waals surface area contributed by atoms with E-state index in [0.29, 0.717) is 45.1 Å². The minimum atomic E-state index is -0.0510. The van der Waals surface area contributed by atoms with Crippen molar-refractivity contribution >= 4 is 0 Å². The first-order valence-electron chi connectivity index (χ1n) is 6.32. The Kier molecular flexibility index (Phi) is 8.08. The third-order valence-corrected chi connectivity index (χ3v) is 2.60. The summed E-state index contributed by atoms with van der Waals surface area (Å²) >= 11 is 0. The van der Waals surface area contributed by atoms with Gasteiger partial charge in [0.25, 0.3) is 5.56 Å². The minimum absolute atomic E-state index is 0.0510. The molecule has 1 aromatic heterocycles. The maximum Gasteiger partial charge on any atom is 0.255 e. The monoisotopic (exact) mass is 270 g/mol. The molecule has 0 aliphatic carbocycles. The van der Waals surface area contributed by atoms with Gasteiger partial charge in [-0.1, -0.05) is 6.07 Å². The van der Waals surface area contributed by atoms with Gasteiger partial charge in [0.1, 0.15) is 0 Å². The second-order valence-corrected chi connectivity index (χ2v) is 3.95. The van der Waals surface area contributed by atoms with Gasteiger partial charge < -0.3 is 24.5 Å². The van der Waals surface area contributed by atoms with Gasteiger partial charge in [-0.2, -0.15) is 0 Å². The van der Waals surface area contributed by atoms with Gasteiger partial charge in [0.15, 0.2) is 0 Å². The number of hydrogen-bond acceptors (Lipinski definition) is 5. The van der Waals surface area contributed by atoms with Crippen molar-refractivity contribution < 1.29 is 14.2 Å². The molecule has 0 aliphatic rings. The van der Waals surface area contributed by atoms with Gasteiger partial charge in [0.05, 0.1) is 33.0 Å². The highest BCUT2D eigenvalue weighted by molar-refractivity contribution is 5.09. The molecule has 6 heteroatoms.